The van der Waals surface area contributed by atoms with E-state index in [-0.39, 0.29) is 0 Å². The normalized spacial score (nSPS) is 13.5. The van der Waals surface area contributed by atoms with Gasteiger partial charge in [0.15, 0.2) is 0 Å². The van der Waals surface area contributed by atoms with Gasteiger partial charge in [-0.05, 0) is 118 Å². The van der Waals surface area contributed by atoms with Crippen LogP contribution in [-0.2, 0) is 25.7 Å². The van der Waals surface area contributed by atoms with Gasteiger partial charge < -0.3 is 10.6 Å². The average Bonchev–Trinajstić information content (AvgIpc) is 3.00. The molecule has 1 saturated heterocycles. The maximum absolute atomic E-state index is 3.46. The molecular weight excluding hydrogens is 472 g/mol. The molecule has 3 aromatic rings. The fourth-order valence-corrected chi connectivity index (χ4v) is 5.72. The van der Waals surface area contributed by atoms with Gasteiger partial charge in [0.25, 0.3) is 0 Å². The molecule has 2 nitrogen and oxygen atoms in total. The molecule has 0 radical (unpaired) electrons. The number of piperidine rings is 1. The van der Waals surface area contributed by atoms with Crippen molar-refractivity contribution in [3.8, 4) is 0 Å². The van der Waals surface area contributed by atoms with Crippen LogP contribution in [0.15, 0.2) is 72.8 Å². The second kappa shape index (κ2) is 18.7. The Kier molecular flexibility index (Phi) is 14.8. The Balaban J connectivity index is 0.000000272. The van der Waals surface area contributed by atoms with Crippen molar-refractivity contribution in [1.82, 2.24) is 5.32 Å². The fourth-order valence-electron chi connectivity index (χ4n) is 5.72. The van der Waals surface area contributed by atoms with Crippen LogP contribution >= 0.6 is 0 Å². The molecular formula is C37H54N2. The summed E-state index contributed by atoms with van der Waals surface area (Å²) < 4.78 is 0. The van der Waals surface area contributed by atoms with Gasteiger partial charge in [0.2, 0.25) is 0 Å². The van der Waals surface area contributed by atoms with Crippen LogP contribution in [0.2, 0.25) is 0 Å². The van der Waals surface area contributed by atoms with Crippen LogP contribution in [0.25, 0.3) is 0 Å². The second-order valence-electron chi connectivity index (χ2n) is 11.1. The van der Waals surface area contributed by atoms with E-state index in [9.17, 15) is 0 Å². The summed E-state index contributed by atoms with van der Waals surface area (Å²) in [5.41, 5.74) is 8.90. The molecule has 39 heavy (non-hydrogen) atoms. The molecule has 0 aromatic heterocycles. The molecule has 1 aliphatic heterocycles. The molecule has 1 fully saturated rings. The van der Waals surface area contributed by atoms with Gasteiger partial charge in [-0.3, -0.25) is 0 Å². The van der Waals surface area contributed by atoms with Crippen molar-refractivity contribution in [2.24, 2.45) is 0 Å². The topological polar surface area (TPSA) is 24.1 Å². The first-order valence-corrected chi connectivity index (χ1v) is 15.9. The molecule has 0 spiro atoms. The quantitative estimate of drug-likeness (QED) is 0.204. The lowest BCUT2D eigenvalue weighted by Gasteiger charge is -2.23. The standard InChI is InChI=1S/C25H35N.C12H19N/c1-2-22-10-7-8-12-23(22)11-6-4-3-5-9-21-13-15-24(16-14-21)25-17-19-26-20-18-25;1-3-5-8-11-9-6-7-10-12(11)13-4-2/h7-8,10,12-16,25-26H,2-6,9,11,17-20H2,1H3;6-7,9-10,13H,3-5,8H2,1-2H3. The Hall–Kier alpha value is -2.58. The SMILES string of the molecule is CCCCc1ccccc1NCC.CCc1ccccc1CCCCCCc1ccc(C2CCNCC2)cc1. The van der Waals surface area contributed by atoms with E-state index in [1.54, 1.807) is 11.1 Å². The van der Waals surface area contributed by atoms with Crippen LogP contribution in [0, 0.1) is 0 Å². The van der Waals surface area contributed by atoms with Crippen LogP contribution in [0.5, 0.6) is 0 Å². The highest BCUT2D eigenvalue weighted by molar-refractivity contribution is 5.51. The first-order chi connectivity index (χ1) is 19.2. The molecule has 0 saturated carbocycles. The highest BCUT2D eigenvalue weighted by atomic mass is 14.9. The third-order valence-corrected chi connectivity index (χ3v) is 8.14. The molecule has 212 valence electrons. The molecule has 0 amide bonds. The van der Waals surface area contributed by atoms with Crippen LogP contribution in [-0.4, -0.2) is 19.6 Å². The van der Waals surface area contributed by atoms with Gasteiger partial charge in [-0.2, -0.15) is 0 Å². The molecule has 0 unspecified atom stereocenters. The Morgan fingerprint density at radius 2 is 1.26 bits per heavy atom. The number of hydrogen-bond donors (Lipinski definition) is 2. The number of hydrogen-bond acceptors (Lipinski definition) is 2. The summed E-state index contributed by atoms with van der Waals surface area (Å²) in [7, 11) is 0. The van der Waals surface area contributed by atoms with E-state index in [0.29, 0.717) is 0 Å². The van der Waals surface area contributed by atoms with E-state index >= 15 is 0 Å². The summed E-state index contributed by atoms with van der Waals surface area (Å²) in [6, 6.07) is 27.0. The third kappa shape index (κ3) is 11.2. The molecule has 1 heterocycles. The summed E-state index contributed by atoms with van der Waals surface area (Å²) in [5, 5.41) is 6.84. The summed E-state index contributed by atoms with van der Waals surface area (Å²) in [6.07, 6.45) is 15.3. The van der Waals surface area contributed by atoms with Crippen LogP contribution in [0.3, 0.4) is 0 Å². The molecule has 4 rings (SSSR count). The number of nitrogens with one attached hydrogen (secondary N) is 2. The minimum atomic E-state index is 0.774. The molecule has 0 atom stereocenters. The fraction of sp³-hybridized carbons (Fsp3) is 0.514. The van der Waals surface area contributed by atoms with Gasteiger partial charge >= 0.3 is 0 Å². The number of para-hydroxylation sites is 1. The number of anilines is 1. The van der Waals surface area contributed by atoms with E-state index in [4.69, 9.17) is 0 Å². The zero-order chi connectivity index (χ0) is 27.5. The molecule has 2 N–H and O–H groups in total. The predicted molar refractivity (Wildman–Crippen MR) is 172 cm³/mol. The van der Waals surface area contributed by atoms with E-state index in [0.717, 1.165) is 18.9 Å². The summed E-state index contributed by atoms with van der Waals surface area (Å²) in [5.74, 6) is 0.774. The van der Waals surface area contributed by atoms with Crippen molar-refractivity contribution < 1.29 is 0 Å². The second-order valence-corrected chi connectivity index (χ2v) is 11.1. The van der Waals surface area contributed by atoms with Crippen molar-refractivity contribution in [1.29, 1.82) is 0 Å². The van der Waals surface area contributed by atoms with Crippen LogP contribution in [0.1, 0.15) is 106 Å². The number of benzene rings is 3. The monoisotopic (exact) mass is 526 g/mol. The highest BCUT2D eigenvalue weighted by Gasteiger charge is 2.14. The number of aryl methyl sites for hydroxylation is 4. The van der Waals surface area contributed by atoms with Crippen molar-refractivity contribution in [3.63, 3.8) is 0 Å². The molecule has 0 aliphatic carbocycles. The third-order valence-electron chi connectivity index (χ3n) is 8.14. The lowest BCUT2D eigenvalue weighted by atomic mass is 9.89. The average molecular weight is 527 g/mol. The van der Waals surface area contributed by atoms with E-state index in [2.05, 4.69) is 104 Å². The first-order valence-electron chi connectivity index (χ1n) is 15.9. The Labute approximate surface area is 240 Å². The van der Waals surface area contributed by atoms with Crippen molar-refractivity contribution in [2.75, 3.05) is 25.0 Å². The maximum atomic E-state index is 3.46. The van der Waals surface area contributed by atoms with Crippen molar-refractivity contribution >= 4 is 5.69 Å². The molecule has 3 aromatic carbocycles. The Morgan fingerprint density at radius 1 is 0.641 bits per heavy atom. The minimum absolute atomic E-state index is 0.774. The lowest BCUT2D eigenvalue weighted by Crippen LogP contribution is -2.26. The number of unbranched alkanes of at least 4 members (excludes halogenated alkanes) is 4. The first kappa shape index (κ1) is 31.0. The lowest BCUT2D eigenvalue weighted by molar-refractivity contribution is 0.460. The largest absolute Gasteiger partial charge is 0.385 e. The van der Waals surface area contributed by atoms with Gasteiger partial charge in [-0.1, -0.05) is 99.8 Å². The summed E-state index contributed by atoms with van der Waals surface area (Å²) >= 11 is 0. The zero-order valence-electron chi connectivity index (χ0n) is 25.1. The molecule has 2 heteroatoms. The summed E-state index contributed by atoms with van der Waals surface area (Å²) in [6.45, 7) is 9.98. The highest BCUT2D eigenvalue weighted by Crippen LogP contribution is 2.25. The van der Waals surface area contributed by atoms with Gasteiger partial charge in [0.05, 0.1) is 0 Å². The van der Waals surface area contributed by atoms with Crippen molar-refractivity contribution in [3.05, 3.63) is 101 Å². The predicted octanol–water partition coefficient (Wildman–Crippen LogP) is 9.52. The van der Waals surface area contributed by atoms with Crippen molar-refractivity contribution in [2.45, 2.75) is 104 Å². The molecule has 0 bridgehead atoms. The summed E-state index contributed by atoms with van der Waals surface area (Å²) in [4.78, 5) is 0. The Bertz CT molecular complexity index is 1030. The smallest absolute Gasteiger partial charge is 0.0372 e. The minimum Gasteiger partial charge on any atom is -0.385 e. The van der Waals surface area contributed by atoms with Gasteiger partial charge in [-0.25, -0.2) is 0 Å². The number of rotatable bonds is 14. The Morgan fingerprint density at radius 3 is 1.92 bits per heavy atom. The van der Waals surface area contributed by atoms with Gasteiger partial charge in [0.1, 0.15) is 0 Å². The zero-order valence-corrected chi connectivity index (χ0v) is 25.1. The van der Waals surface area contributed by atoms with E-state index in [1.807, 2.05) is 0 Å². The van der Waals surface area contributed by atoms with Crippen LogP contribution < -0.4 is 10.6 Å². The van der Waals surface area contributed by atoms with Crippen LogP contribution in [0.4, 0.5) is 5.69 Å². The van der Waals surface area contributed by atoms with Gasteiger partial charge in [0, 0.05) is 12.2 Å². The van der Waals surface area contributed by atoms with E-state index in [1.165, 1.54) is 106 Å². The van der Waals surface area contributed by atoms with E-state index < -0.39 is 0 Å². The van der Waals surface area contributed by atoms with Gasteiger partial charge in [-0.15, -0.1) is 0 Å². The molecule has 1 aliphatic rings. The maximum Gasteiger partial charge on any atom is 0.0372 e.